The lowest BCUT2D eigenvalue weighted by atomic mass is 9.94. The zero-order valence-electron chi connectivity index (χ0n) is 14.2. The summed E-state index contributed by atoms with van der Waals surface area (Å²) in [6, 6.07) is 8.37. The Bertz CT molecular complexity index is 895. The molecule has 0 atom stereocenters. The Balaban J connectivity index is 1.67. The largest absolute Gasteiger partial charge is 0.397 e. The molecule has 1 fully saturated rings. The lowest BCUT2D eigenvalue weighted by molar-refractivity contribution is 0.0702. The van der Waals surface area contributed by atoms with E-state index >= 15 is 0 Å². The van der Waals surface area contributed by atoms with Crippen LogP contribution in [0, 0.1) is 0 Å². The van der Waals surface area contributed by atoms with E-state index in [-0.39, 0.29) is 5.91 Å². The van der Waals surface area contributed by atoms with Gasteiger partial charge in [-0.2, -0.15) is 0 Å². The minimum atomic E-state index is 0.0325. The first-order valence-corrected chi connectivity index (χ1v) is 10.3. The number of hydrogen-bond acceptors (Lipinski definition) is 5. The van der Waals surface area contributed by atoms with Crippen molar-refractivity contribution in [2.45, 2.75) is 38.1 Å². The number of amides is 1. The standard InChI is InChI=1S/C19H21N3OS2/c1-22(12-6-3-2-4-7-12)19(23)17-16(20)13-9-10-14(21-18(13)25-17)15-8-5-11-24-15/h5,8-12H,2-4,6-7,20H2,1H3. The van der Waals surface area contributed by atoms with E-state index < -0.39 is 0 Å². The van der Waals surface area contributed by atoms with Crippen molar-refractivity contribution in [3.8, 4) is 10.6 Å². The molecule has 130 valence electrons. The number of carbonyl (C=O) groups is 1. The van der Waals surface area contributed by atoms with E-state index in [0.717, 1.165) is 33.6 Å². The Hall–Kier alpha value is -1.92. The molecule has 0 aliphatic heterocycles. The third-order valence-electron chi connectivity index (χ3n) is 5.00. The number of rotatable bonds is 3. The fraction of sp³-hybridized carbons (Fsp3) is 0.368. The van der Waals surface area contributed by atoms with Crippen LogP contribution >= 0.6 is 22.7 Å². The Kier molecular flexibility index (Phi) is 4.48. The van der Waals surface area contributed by atoms with Gasteiger partial charge in [0.1, 0.15) is 9.71 Å². The van der Waals surface area contributed by atoms with Crippen molar-refractivity contribution in [1.82, 2.24) is 9.88 Å². The normalized spacial score (nSPS) is 15.6. The smallest absolute Gasteiger partial charge is 0.266 e. The lowest BCUT2D eigenvalue weighted by Crippen LogP contribution is -2.38. The van der Waals surface area contributed by atoms with Crippen molar-refractivity contribution in [2.24, 2.45) is 0 Å². The van der Waals surface area contributed by atoms with Crippen LogP contribution < -0.4 is 5.73 Å². The summed E-state index contributed by atoms with van der Waals surface area (Å²) < 4.78 is 0. The van der Waals surface area contributed by atoms with Crippen LogP contribution in [-0.2, 0) is 0 Å². The van der Waals surface area contributed by atoms with Crippen molar-refractivity contribution in [2.75, 3.05) is 12.8 Å². The first-order valence-electron chi connectivity index (χ1n) is 8.65. The molecule has 0 spiro atoms. The maximum Gasteiger partial charge on any atom is 0.266 e. The molecule has 0 saturated heterocycles. The highest BCUT2D eigenvalue weighted by molar-refractivity contribution is 7.21. The lowest BCUT2D eigenvalue weighted by Gasteiger charge is -2.31. The van der Waals surface area contributed by atoms with Gasteiger partial charge in [-0.15, -0.1) is 22.7 Å². The van der Waals surface area contributed by atoms with Crippen LogP contribution in [0.3, 0.4) is 0 Å². The highest BCUT2D eigenvalue weighted by atomic mass is 32.1. The number of hydrogen-bond donors (Lipinski definition) is 1. The maximum absolute atomic E-state index is 13.0. The molecular weight excluding hydrogens is 350 g/mol. The Morgan fingerprint density at radius 3 is 2.76 bits per heavy atom. The molecule has 1 aliphatic carbocycles. The molecule has 0 aromatic carbocycles. The van der Waals surface area contributed by atoms with Crippen molar-refractivity contribution < 1.29 is 4.79 Å². The summed E-state index contributed by atoms with van der Waals surface area (Å²) >= 11 is 3.07. The van der Waals surface area contributed by atoms with E-state index in [9.17, 15) is 4.79 Å². The molecule has 1 amide bonds. The quantitative estimate of drug-likeness (QED) is 0.704. The maximum atomic E-state index is 13.0. The molecule has 4 nitrogen and oxygen atoms in total. The number of nitrogens with zero attached hydrogens (tertiary/aromatic N) is 2. The summed E-state index contributed by atoms with van der Waals surface area (Å²) in [5.41, 5.74) is 7.80. The average molecular weight is 372 g/mol. The van der Waals surface area contributed by atoms with E-state index in [1.165, 1.54) is 30.6 Å². The zero-order valence-corrected chi connectivity index (χ0v) is 15.8. The molecule has 25 heavy (non-hydrogen) atoms. The van der Waals surface area contributed by atoms with Gasteiger partial charge >= 0.3 is 0 Å². The highest BCUT2D eigenvalue weighted by Crippen LogP contribution is 2.36. The van der Waals surface area contributed by atoms with Gasteiger partial charge in [0.05, 0.1) is 16.3 Å². The highest BCUT2D eigenvalue weighted by Gasteiger charge is 2.26. The van der Waals surface area contributed by atoms with Crippen molar-refractivity contribution in [1.29, 1.82) is 0 Å². The predicted molar refractivity (Wildman–Crippen MR) is 106 cm³/mol. The molecule has 1 saturated carbocycles. The Morgan fingerprint density at radius 2 is 2.04 bits per heavy atom. The van der Waals surface area contributed by atoms with Crippen molar-refractivity contribution in [3.63, 3.8) is 0 Å². The number of nitrogen functional groups attached to an aromatic ring is 1. The summed E-state index contributed by atoms with van der Waals surface area (Å²) in [4.78, 5) is 22.2. The number of anilines is 1. The van der Waals surface area contributed by atoms with Gasteiger partial charge in [-0.05, 0) is 36.4 Å². The van der Waals surface area contributed by atoms with Crippen LogP contribution in [0.2, 0.25) is 0 Å². The molecule has 0 bridgehead atoms. The Morgan fingerprint density at radius 1 is 1.24 bits per heavy atom. The van der Waals surface area contributed by atoms with E-state index in [1.807, 2.05) is 35.5 Å². The molecule has 3 aromatic rings. The number of fused-ring (bicyclic) bond motifs is 1. The second kappa shape index (κ2) is 6.77. The Labute approximate surface area is 155 Å². The molecular formula is C19H21N3OS2. The van der Waals surface area contributed by atoms with Gasteiger partial charge < -0.3 is 10.6 Å². The molecule has 2 N–H and O–H groups in total. The van der Waals surface area contributed by atoms with E-state index in [2.05, 4.69) is 6.07 Å². The van der Waals surface area contributed by atoms with E-state index in [4.69, 9.17) is 10.7 Å². The van der Waals surface area contributed by atoms with E-state index in [0.29, 0.717) is 16.6 Å². The zero-order chi connectivity index (χ0) is 17.4. The van der Waals surface area contributed by atoms with Gasteiger partial charge in [0.2, 0.25) is 0 Å². The number of nitrogens with two attached hydrogens (primary N) is 1. The summed E-state index contributed by atoms with van der Waals surface area (Å²) in [7, 11) is 1.91. The number of pyridine rings is 1. The van der Waals surface area contributed by atoms with Crippen molar-refractivity contribution >= 4 is 44.5 Å². The fourth-order valence-electron chi connectivity index (χ4n) is 3.51. The fourth-order valence-corrected chi connectivity index (χ4v) is 5.28. The minimum absolute atomic E-state index is 0.0325. The van der Waals surface area contributed by atoms with E-state index in [1.54, 1.807) is 11.3 Å². The van der Waals surface area contributed by atoms with Gasteiger partial charge in [0.25, 0.3) is 5.91 Å². The summed E-state index contributed by atoms with van der Waals surface area (Å²) in [6.45, 7) is 0. The molecule has 0 radical (unpaired) electrons. The van der Waals surface area contributed by atoms with Gasteiger partial charge in [-0.1, -0.05) is 25.3 Å². The van der Waals surface area contributed by atoms with Crippen LogP contribution in [0.4, 0.5) is 5.69 Å². The first kappa shape index (κ1) is 16.5. The van der Waals surface area contributed by atoms with Gasteiger partial charge in [0, 0.05) is 18.5 Å². The molecule has 4 rings (SSSR count). The average Bonchev–Trinajstić information content (AvgIpc) is 3.29. The van der Waals surface area contributed by atoms with Gasteiger partial charge in [0.15, 0.2) is 0 Å². The third-order valence-corrected chi connectivity index (χ3v) is 7.00. The third kappa shape index (κ3) is 3.04. The molecule has 6 heteroatoms. The molecule has 3 heterocycles. The first-order chi connectivity index (χ1) is 12.1. The SMILES string of the molecule is CN(C(=O)c1sc2nc(-c3cccs3)ccc2c1N)C1CCCCC1. The summed E-state index contributed by atoms with van der Waals surface area (Å²) in [5, 5.41) is 2.92. The minimum Gasteiger partial charge on any atom is -0.397 e. The topological polar surface area (TPSA) is 59.2 Å². The van der Waals surface area contributed by atoms with Crippen LogP contribution in [0.1, 0.15) is 41.8 Å². The second-order valence-electron chi connectivity index (χ2n) is 6.58. The monoisotopic (exact) mass is 371 g/mol. The second-order valence-corrected chi connectivity index (χ2v) is 8.53. The summed E-state index contributed by atoms with van der Waals surface area (Å²) in [6.07, 6.45) is 5.87. The van der Waals surface area contributed by atoms with Crippen LogP contribution in [0.25, 0.3) is 20.8 Å². The molecule has 0 unspecified atom stereocenters. The number of thiophene rings is 2. The molecule has 3 aromatic heterocycles. The number of carbonyl (C=O) groups excluding carboxylic acids is 1. The van der Waals surface area contributed by atoms with Gasteiger partial charge in [-0.3, -0.25) is 4.79 Å². The summed E-state index contributed by atoms with van der Waals surface area (Å²) in [5.74, 6) is 0.0325. The van der Waals surface area contributed by atoms with Crippen molar-refractivity contribution in [3.05, 3.63) is 34.5 Å². The number of aromatic nitrogens is 1. The molecule has 1 aliphatic rings. The van der Waals surface area contributed by atoms with Crippen LogP contribution in [0.15, 0.2) is 29.6 Å². The predicted octanol–water partition coefficient (Wildman–Crippen LogP) is 5.01. The van der Waals surface area contributed by atoms with Crippen LogP contribution in [-0.4, -0.2) is 28.9 Å². The van der Waals surface area contributed by atoms with Gasteiger partial charge in [-0.25, -0.2) is 4.98 Å². The van der Waals surface area contributed by atoms with Crippen LogP contribution in [0.5, 0.6) is 0 Å².